The van der Waals surface area contributed by atoms with Crippen molar-refractivity contribution in [2.75, 3.05) is 0 Å². The first kappa shape index (κ1) is 23.7. The van der Waals surface area contributed by atoms with E-state index in [1.807, 2.05) is 33.7 Å². The molecule has 1 aliphatic rings. The number of benzene rings is 2. The van der Waals surface area contributed by atoms with Crippen LogP contribution in [-0.4, -0.2) is 32.3 Å². The highest BCUT2D eigenvalue weighted by molar-refractivity contribution is 5.80. The molecule has 0 unspecified atom stereocenters. The Kier molecular flexibility index (Phi) is 6.55. The summed E-state index contributed by atoms with van der Waals surface area (Å²) in [5.41, 5.74) is 5.33. The van der Waals surface area contributed by atoms with Gasteiger partial charge in [0.1, 0.15) is 11.6 Å². The maximum absolute atomic E-state index is 13.6. The number of pyridine rings is 1. The van der Waals surface area contributed by atoms with Crippen LogP contribution >= 0.6 is 0 Å². The van der Waals surface area contributed by atoms with Gasteiger partial charge in [0, 0.05) is 36.4 Å². The van der Waals surface area contributed by atoms with Gasteiger partial charge in [-0.1, -0.05) is 30.3 Å². The van der Waals surface area contributed by atoms with Gasteiger partial charge in [0.05, 0.1) is 12.8 Å². The minimum atomic E-state index is -0.872. The van der Waals surface area contributed by atoms with Crippen LogP contribution in [0.1, 0.15) is 34.4 Å². The second-order valence-electron chi connectivity index (χ2n) is 9.28. The summed E-state index contributed by atoms with van der Waals surface area (Å²) in [6, 6.07) is 17.7. The molecule has 184 valence electrons. The van der Waals surface area contributed by atoms with Gasteiger partial charge < -0.3 is 14.4 Å². The van der Waals surface area contributed by atoms with Gasteiger partial charge in [-0.2, -0.15) is 0 Å². The van der Waals surface area contributed by atoms with Crippen molar-refractivity contribution in [2.45, 2.75) is 44.7 Å². The van der Waals surface area contributed by atoms with E-state index in [-0.39, 0.29) is 36.4 Å². The molecule has 4 aromatic rings. The first-order valence-electron chi connectivity index (χ1n) is 12.0. The molecular formula is C29H26F2N2O3. The molecule has 0 spiro atoms. The molecule has 2 aromatic carbocycles. The molecule has 5 rings (SSSR count). The van der Waals surface area contributed by atoms with Crippen molar-refractivity contribution in [3.63, 3.8) is 0 Å². The number of amides is 1. The Bertz CT molecular complexity index is 1410. The summed E-state index contributed by atoms with van der Waals surface area (Å²) < 4.78 is 28.9. The van der Waals surface area contributed by atoms with E-state index in [0.29, 0.717) is 25.8 Å². The van der Waals surface area contributed by atoms with Crippen LogP contribution in [0.5, 0.6) is 0 Å². The summed E-state index contributed by atoms with van der Waals surface area (Å²) in [5, 5.41) is 9.49. The largest absolute Gasteiger partial charge is 0.481 e. The Labute approximate surface area is 207 Å². The maximum atomic E-state index is 13.6. The number of rotatable bonds is 7. The van der Waals surface area contributed by atoms with E-state index in [1.165, 1.54) is 24.3 Å². The Hall–Kier alpha value is -4.00. The van der Waals surface area contributed by atoms with Crippen LogP contribution in [-0.2, 0) is 41.8 Å². The highest BCUT2D eigenvalue weighted by Gasteiger charge is 2.32. The zero-order valence-electron chi connectivity index (χ0n) is 19.7. The number of hydrogen-bond acceptors (Lipinski definition) is 2. The van der Waals surface area contributed by atoms with Crippen molar-refractivity contribution in [3.05, 3.63) is 113 Å². The third-order valence-corrected chi connectivity index (χ3v) is 6.95. The minimum Gasteiger partial charge on any atom is -0.481 e. The average Bonchev–Trinajstić information content (AvgIpc) is 3.17. The van der Waals surface area contributed by atoms with Crippen molar-refractivity contribution in [2.24, 2.45) is 0 Å². The quantitative estimate of drug-likeness (QED) is 0.400. The van der Waals surface area contributed by atoms with Crippen molar-refractivity contribution in [3.8, 4) is 0 Å². The predicted octanol–water partition coefficient (Wildman–Crippen LogP) is 4.97. The van der Waals surface area contributed by atoms with Crippen LogP contribution in [0, 0.1) is 11.6 Å². The van der Waals surface area contributed by atoms with Crippen LogP contribution in [0.3, 0.4) is 0 Å². The lowest BCUT2D eigenvalue weighted by atomic mass is 9.88. The first-order valence-corrected chi connectivity index (χ1v) is 12.0. The van der Waals surface area contributed by atoms with Gasteiger partial charge in [-0.05, 0) is 71.5 Å². The Balaban J connectivity index is 1.48. The number of carbonyl (C=O) groups is 2. The third kappa shape index (κ3) is 4.87. The van der Waals surface area contributed by atoms with Gasteiger partial charge in [0.15, 0.2) is 0 Å². The van der Waals surface area contributed by atoms with E-state index >= 15 is 0 Å². The number of aliphatic carboxylic acids is 1. The summed E-state index contributed by atoms with van der Waals surface area (Å²) in [4.78, 5) is 27.0. The van der Waals surface area contributed by atoms with Crippen LogP contribution in [0.4, 0.5) is 8.78 Å². The SMILES string of the molecule is O=C(O)Cc1c2c(n3ccccc13)C[C@H](N(Cc1ccc(F)cc1)C(=O)Cc1ccc(F)cc1)CC2. The first-order chi connectivity index (χ1) is 17.4. The molecular weight excluding hydrogens is 462 g/mol. The van der Waals surface area contributed by atoms with Crippen molar-refractivity contribution in [1.29, 1.82) is 0 Å². The number of carboxylic acid groups (broad SMARTS) is 1. The fraction of sp³-hybridized carbons (Fsp3) is 0.241. The molecule has 5 nitrogen and oxygen atoms in total. The molecule has 1 N–H and O–H groups in total. The van der Waals surface area contributed by atoms with Crippen LogP contribution in [0.2, 0.25) is 0 Å². The van der Waals surface area contributed by atoms with Crippen LogP contribution in [0.25, 0.3) is 5.52 Å². The molecule has 1 aliphatic carbocycles. The van der Waals surface area contributed by atoms with Gasteiger partial charge in [0.2, 0.25) is 5.91 Å². The molecule has 0 saturated heterocycles. The van der Waals surface area contributed by atoms with Crippen LogP contribution < -0.4 is 0 Å². The average molecular weight is 489 g/mol. The van der Waals surface area contributed by atoms with Gasteiger partial charge >= 0.3 is 5.97 Å². The van der Waals surface area contributed by atoms with Crippen LogP contribution in [0.15, 0.2) is 72.9 Å². The number of halogens is 2. The summed E-state index contributed by atoms with van der Waals surface area (Å²) in [5.74, 6) is -1.66. The van der Waals surface area contributed by atoms with E-state index in [2.05, 4.69) is 0 Å². The lowest BCUT2D eigenvalue weighted by molar-refractivity contribution is -0.136. The highest BCUT2D eigenvalue weighted by Crippen LogP contribution is 2.33. The van der Waals surface area contributed by atoms with Gasteiger partial charge in [-0.3, -0.25) is 9.59 Å². The monoisotopic (exact) mass is 488 g/mol. The number of carboxylic acids is 1. The normalized spacial score (nSPS) is 15.0. The van der Waals surface area contributed by atoms with E-state index in [4.69, 9.17) is 0 Å². The van der Waals surface area contributed by atoms with E-state index in [9.17, 15) is 23.5 Å². The van der Waals surface area contributed by atoms with Crippen molar-refractivity contribution >= 4 is 17.4 Å². The van der Waals surface area contributed by atoms with Gasteiger partial charge in [-0.15, -0.1) is 0 Å². The van der Waals surface area contributed by atoms with Gasteiger partial charge in [0.25, 0.3) is 0 Å². The fourth-order valence-corrected chi connectivity index (χ4v) is 5.25. The molecule has 1 atom stereocenters. The smallest absolute Gasteiger partial charge is 0.307 e. The number of fused-ring (bicyclic) bond motifs is 3. The molecule has 2 heterocycles. The zero-order chi connectivity index (χ0) is 25.2. The number of aromatic nitrogens is 1. The standard InChI is InChI=1S/C29H26F2N2O3/c30-21-8-4-19(5-9-21)15-28(34)33(18-20-6-10-22(31)11-7-20)23-12-13-24-25(17-29(35)36)26-3-1-2-14-32(26)27(24)16-23/h1-11,14,23H,12-13,15-18H2,(H,35,36)/t23-/m1/s1. The molecule has 0 bridgehead atoms. The molecule has 1 amide bonds. The number of hydrogen-bond donors (Lipinski definition) is 1. The molecule has 7 heteroatoms. The van der Waals surface area contributed by atoms with Crippen molar-refractivity contribution in [1.82, 2.24) is 9.30 Å². The Morgan fingerprint density at radius 3 is 2.25 bits per heavy atom. The summed E-state index contributed by atoms with van der Waals surface area (Å²) in [7, 11) is 0. The zero-order valence-corrected chi connectivity index (χ0v) is 19.7. The molecule has 0 saturated carbocycles. The number of nitrogens with zero attached hydrogens (tertiary/aromatic N) is 2. The highest BCUT2D eigenvalue weighted by atomic mass is 19.1. The predicted molar refractivity (Wildman–Crippen MR) is 132 cm³/mol. The second kappa shape index (κ2) is 9.93. The Morgan fingerprint density at radius 1 is 0.917 bits per heavy atom. The summed E-state index contributed by atoms with van der Waals surface area (Å²) >= 11 is 0. The number of carbonyl (C=O) groups excluding carboxylic acids is 1. The lowest BCUT2D eigenvalue weighted by Gasteiger charge is -2.35. The fourth-order valence-electron chi connectivity index (χ4n) is 5.25. The molecule has 2 aromatic heterocycles. The van der Waals surface area contributed by atoms with E-state index in [1.54, 1.807) is 24.3 Å². The van der Waals surface area contributed by atoms with E-state index < -0.39 is 5.97 Å². The summed E-state index contributed by atoms with van der Waals surface area (Å²) in [6.07, 6.45) is 3.95. The molecule has 0 radical (unpaired) electrons. The van der Waals surface area contributed by atoms with E-state index in [0.717, 1.165) is 33.5 Å². The second-order valence-corrected chi connectivity index (χ2v) is 9.28. The summed E-state index contributed by atoms with van der Waals surface area (Å²) in [6.45, 7) is 0.325. The minimum absolute atomic E-state index is 0.0453. The Morgan fingerprint density at radius 2 is 1.58 bits per heavy atom. The third-order valence-electron chi connectivity index (χ3n) is 6.95. The maximum Gasteiger partial charge on any atom is 0.307 e. The topological polar surface area (TPSA) is 62.0 Å². The lowest BCUT2D eigenvalue weighted by Crippen LogP contribution is -2.44. The molecule has 36 heavy (non-hydrogen) atoms. The van der Waals surface area contributed by atoms with Crippen molar-refractivity contribution < 1.29 is 23.5 Å². The van der Waals surface area contributed by atoms with Gasteiger partial charge in [-0.25, -0.2) is 8.78 Å². The molecule has 0 fully saturated rings. The molecule has 0 aliphatic heterocycles.